The normalized spacial score (nSPS) is 11.8. The fourth-order valence-corrected chi connectivity index (χ4v) is 1.77. The third-order valence-corrected chi connectivity index (χ3v) is 2.89. The number of ether oxygens (including phenoxy) is 1. The number of rotatable bonds is 8. The molecule has 0 amide bonds. The molecule has 1 rings (SSSR count). The quantitative estimate of drug-likeness (QED) is 0.454. The van der Waals surface area contributed by atoms with Crippen LogP contribution in [0.3, 0.4) is 0 Å². The van der Waals surface area contributed by atoms with E-state index in [4.69, 9.17) is 0 Å². The van der Waals surface area contributed by atoms with Gasteiger partial charge in [-0.3, -0.25) is 9.59 Å². The Kier molecular flexibility index (Phi) is 6.68. The van der Waals surface area contributed by atoms with Crippen LogP contribution < -0.4 is 5.32 Å². The molecule has 1 N–H and O–H groups in total. The Hall–Kier alpha value is -2.08. The van der Waals surface area contributed by atoms with Crippen LogP contribution in [0.25, 0.3) is 0 Å². The van der Waals surface area contributed by atoms with E-state index >= 15 is 0 Å². The lowest BCUT2D eigenvalue weighted by molar-refractivity contribution is -0.140. The molecule has 0 fully saturated rings. The zero-order chi connectivity index (χ0) is 15.8. The molecule has 21 heavy (non-hydrogen) atoms. The van der Waals surface area contributed by atoms with Crippen molar-refractivity contribution in [3.63, 3.8) is 0 Å². The molecule has 1 unspecified atom stereocenters. The average molecular weight is 297 g/mol. The summed E-state index contributed by atoms with van der Waals surface area (Å²) in [5.74, 6) is -2.97. The SMILES string of the molecule is C=CCNC(CCC(=O)OC)C(=O)c1ccc(F)c(F)c1. The Morgan fingerprint density at radius 3 is 2.67 bits per heavy atom. The maximum absolute atomic E-state index is 13.2. The summed E-state index contributed by atoms with van der Waals surface area (Å²) in [6.45, 7) is 3.88. The summed E-state index contributed by atoms with van der Waals surface area (Å²) in [7, 11) is 1.26. The summed E-state index contributed by atoms with van der Waals surface area (Å²) in [6, 6.07) is 2.25. The molecule has 0 heterocycles. The first-order valence-electron chi connectivity index (χ1n) is 6.40. The number of hydrogen-bond acceptors (Lipinski definition) is 4. The van der Waals surface area contributed by atoms with Gasteiger partial charge in [0.2, 0.25) is 0 Å². The number of Topliss-reactive ketones (excluding diaryl/α,β-unsaturated/α-hetero) is 1. The second-order valence-electron chi connectivity index (χ2n) is 4.36. The largest absolute Gasteiger partial charge is 0.469 e. The summed E-state index contributed by atoms with van der Waals surface area (Å²) in [5.41, 5.74) is 0.0420. The number of halogens is 2. The number of carbonyl (C=O) groups excluding carboxylic acids is 2. The topological polar surface area (TPSA) is 55.4 Å². The lowest BCUT2D eigenvalue weighted by Crippen LogP contribution is -2.37. The molecule has 6 heteroatoms. The Labute approximate surface area is 121 Å². The van der Waals surface area contributed by atoms with Crippen molar-refractivity contribution in [2.75, 3.05) is 13.7 Å². The predicted molar refractivity (Wildman–Crippen MR) is 73.9 cm³/mol. The molecule has 0 bridgehead atoms. The molecule has 1 atom stereocenters. The number of nitrogens with one attached hydrogen (secondary N) is 1. The van der Waals surface area contributed by atoms with E-state index in [2.05, 4.69) is 16.6 Å². The molecular formula is C15H17F2NO3. The number of hydrogen-bond donors (Lipinski definition) is 1. The minimum atomic E-state index is -1.09. The standard InChI is InChI=1S/C15H17F2NO3/c1-3-8-18-13(6-7-14(19)21-2)15(20)10-4-5-11(16)12(17)9-10/h3-5,9,13,18H,1,6-8H2,2H3. The molecule has 0 aliphatic carbocycles. The number of benzene rings is 1. The minimum Gasteiger partial charge on any atom is -0.469 e. The van der Waals surface area contributed by atoms with Gasteiger partial charge >= 0.3 is 5.97 Å². The molecule has 0 radical (unpaired) electrons. The van der Waals surface area contributed by atoms with Gasteiger partial charge in [-0.25, -0.2) is 8.78 Å². The van der Waals surface area contributed by atoms with Gasteiger partial charge in [0, 0.05) is 18.5 Å². The monoisotopic (exact) mass is 297 g/mol. The van der Waals surface area contributed by atoms with Crippen LogP contribution in [0.2, 0.25) is 0 Å². The first-order valence-corrected chi connectivity index (χ1v) is 6.40. The summed E-state index contributed by atoms with van der Waals surface area (Å²) in [6.07, 6.45) is 1.79. The Morgan fingerprint density at radius 1 is 1.38 bits per heavy atom. The lowest BCUT2D eigenvalue weighted by Gasteiger charge is -2.16. The Balaban J connectivity index is 2.84. The van der Waals surface area contributed by atoms with Crippen LogP contribution in [-0.2, 0) is 9.53 Å². The molecule has 0 spiro atoms. The van der Waals surface area contributed by atoms with E-state index in [9.17, 15) is 18.4 Å². The van der Waals surface area contributed by atoms with E-state index < -0.39 is 29.4 Å². The van der Waals surface area contributed by atoms with Crippen molar-refractivity contribution in [1.29, 1.82) is 0 Å². The van der Waals surface area contributed by atoms with E-state index in [0.717, 1.165) is 12.1 Å². The third kappa shape index (κ3) is 5.07. The van der Waals surface area contributed by atoms with Crippen LogP contribution in [0.1, 0.15) is 23.2 Å². The zero-order valence-corrected chi connectivity index (χ0v) is 11.7. The van der Waals surface area contributed by atoms with Gasteiger partial charge in [0.25, 0.3) is 0 Å². The highest BCUT2D eigenvalue weighted by Crippen LogP contribution is 2.13. The molecule has 0 saturated carbocycles. The van der Waals surface area contributed by atoms with E-state index in [1.807, 2.05) is 0 Å². The highest BCUT2D eigenvalue weighted by molar-refractivity contribution is 6.00. The number of ketones is 1. The van der Waals surface area contributed by atoms with E-state index in [1.54, 1.807) is 6.08 Å². The van der Waals surface area contributed by atoms with Crippen LogP contribution in [0.5, 0.6) is 0 Å². The molecule has 4 nitrogen and oxygen atoms in total. The van der Waals surface area contributed by atoms with Gasteiger partial charge in [-0.05, 0) is 24.6 Å². The van der Waals surface area contributed by atoms with Gasteiger partial charge in [0.15, 0.2) is 17.4 Å². The van der Waals surface area contributed by atoms with Crippen LogP contribution in [0.15, 0.2) is 30.9 Å². The van der Waals surface area contributed by atoms with Crippen molar-refractivity contribution in [2.45, 2.75) is 18.9 Å². The molecule has 0 aliphatic rings. The van der Waals surface area contributed by atoms with Crippen LogP contribution in [0, 0.1) is 11.6 Å². The van der Waals surface area contributed by atoms with Crippen LogP contribution in [-0.4, -0.2) is 31.4 Å². The van der Waals surface area contributed by atoms with Crippen LogP contribution >= 0.6 is 0 Å². The molecule has 0 aromatic heterocycles. The second-order valence-corrected chi connectivity index (χ2v) is 4.36. The third-order valence-electron chi connectivity index (χ3n) is 2.89. The molecule has 0 aliphatic heterocycles. The van der Waals surface area contributed by atoms with Gasteiger partial charge in [-0.15, -0.1) is 6.58 Å². The van der Waals surface area contributed by atoms with Crippen molar-refractivity contribution in [2.24, 2.45) is 0 Å². The van der Waals surface area contributed by atoms with Crippen molar-refractivity contribution < 1.29 is 23.1 Å². The zero-order valence-electron chi connectivity index (χ0n) is 11.7. The lowest BCUT2D eigenvalue weighted by atomic mass is 10.00. The molecule has 1 aromatic rings. The average Bonchev–Trinajstić information content (AvgIpc) is 2.49. The minimum absolute atomic E-state index is 0.0420. The van der Waals surface area contributed by atoms with Gasteiger partial charge in [0.05, 0.1) is 13.2 Å². The molecular weight excluding hydrogens is 280 g/mol. The smallest absolute Gasteiger partial charge is 0.305 e. The Bertz CT molecular complexity index is 532. The number of carbonyl (C=O) groups is 2. The maximum Gasteiger partial charge on any atom is 0.305 e. The Morgan fingerprint density at radius 2 is 2.10 bits per heavy atom. The highest BCUT2D eigenvalue weighted by Gasteiger charge is 2.21. The van der Waals surface area contributed by atoms with Crippen LogP contribution in [0.4, 0.5) is 8.78 Å². The summed E-state index contributed by atoms with van der Waals surface area (Å²) in [4.78, 5) is 23.4. The van der Waals surface area contributed by atoms with E-state index in [1.165, 1.54) is 13.2 Å². The van der Waals surface area contributed by atoms with E-state index in [-0.39, 0.29) is 18.4 Å². The van der Waals surface area contributed by atoms with E-state index in [0.29, 0.717) is 6.54 Å². The van der Waals surface area contributed by atoms with Gasteiger partial charge in [-0.2, -0.15) is 0 Å². The van der Waals surface area contributed by atoms with Crippen molar-refractivity contribution >= 4 is 11.8 Å². The van der Waals surface area contributed by atoms with Crippen molar-refractivity contribution in [1.82, 2.24) is 5.32 Å². The highest BCUT2D eigenvalue weighted by atomic mass is 19.2. The fourth-order valence-electron chi connectivity index (χ4n) is 1.77. The second kappa shape index (κ2) is 8.26. The van der Waals surface area contributed by atoms with Gasteiger partial charge < -0.3 is 10.1 Å². The fraction of sp³-hybridized carbons (Fsp3) is 0.333. The molecule has 1 aromatic carbocycles. The summed E-state index contributed by atoms with van der Waals surface area (Å²) in [5, 5.41) is 2.89. The van der Waals surface area contributed by atoms with Gasteiger partial charge in [-0.1, -0.05) is 6.08 Å². The van der Waals surface area contributed by atoms with Crippen molar-refractivity contribution in [3.8, 4) is 0 Å². The molecule has 114 valence electrons. The number of methoxy groups -OCH3 is 1. The predicted octanol–water partition coefficient (Wildman–Crippen LogP) is 2.24. The van der Waals surface area contributed by atoms with Gasteiger partial charge in [0.1, 0.15) is 0 Å². The molecule has 0 saturated heterocycles. The van der Waals surface area contributed by atoms with Crippen molar-refractivity contribution in [3.05, 3.63) is 48.1 Å². The summed E-state index contributed by atoms with van der Waals surface area (Å²) >= 11 is 0. The summed E-state index contributed by atoms with van der Waals surface area (Å²) < 4.78 is 30.6. The first-order chi connectivity index (χ1) is 9.99. The number of esters is 1. The maximum atomic E-state index is 13.2. The first kappa shape index (κ1) is 17.0.